The molecular weight excluding hydrogens is 162 g/mol. The Morgan fingerprint density at radius 1 is 1.15 bits per heavy atom. The SMILES string of the molecule is OCCNC1CCC12CCCCC2. The Balaban J connectivity index is 1.83. The van der Waals surface area contributed by atoms with Crippen LogP contribution in [0, 0.1) is 5.41 Å². The van der Waals surface area contributed by atoms with E-state index in [4.69, 9.17) is 5.11 Å². The van der Waals surface area contributed by atoms with Gasteiger partial charge in [-0.2, -0.15) is 0 Å². The fourth-order valence-electron chi connectivity index (χ4n) is 3.11. The van der Waals surface area contributed by atoms with Gasteiger partial charge in [0.15, 0.2) is 0 Å². The third kappa shape index (κ3) is 1.75. The highest BCUT2D eigenvalue weighted by molar-refractivity contribution is 5.01. The molecule has 2 saturated carbocycles. The highest BCUT2D eigenvalue weighted by Crippen LogP contribution is 2.51. The average Bonchev–Trinajstić information content (AvgIpc) is 2.18. The van der Waals surface area contributed by atoms with Crippen molar-refractivity contribution < 1.29 is 5.11 Å². The van der Waals surface area contributed by atoms with E-state index in [0.717, 1.165) is 12.6 Å². The maximum absolute atomic E-state index is 8.76. The molecule has 2 N–H and O–H groups in total. The number of rotatable bonds is 3. The van der Waals surface area contributed by atoms with Crippen LogP contribution < -0.4 is 5.32 Å². The summed E-state index contributed by atoms with van der Waals surface area (Å²) < 4.78 is 0. The van der Waals surface area contributed by atoms with Gasteiger partial charge in [-0.1, -0.05) is 19.3 Å². The van der Waals surface area contributed by atoms with E-state index >= 15 is 0 Å². The molecule has 2 heteroatoms. The molecule has 13 heavy (non-hydrogen) atoms. The van der Waals surface area contributed by atoms with Crippen LogP contribution in [0.5, 0.6) is 0 Å². The molecule has 2 rings (SSSR count). The minimum Gasteiger partial charge on any atom is -0.395 e. The van der Waals surface area contributed by atoms with Gasteiger partial charge in [0.05, 0.1) is 6.61 Å². The lowest BCUT2D eigenvalue weighted by atomic mass is 9.57. The molecule has 0 aromatic rings. The Morgan fingerprint density at radius 3 is 2.46 bits per heavy atom. The molecule has 0 aliphatic heterocycles. The maximum Gasteiger partial charge on any atom is 0.0556 e. The van der Waals surface area contributed by atoms with Crippen LogP contribution in [0.2, 0.25) is 0 Å². The van der Waals surface area contributed by atoms with Gasteiger partial charge in [-0.25, -0.2) is 0 Å². The minimum atomic E-state index is 0.284. The molecule has 2 fully saturated rings. The lowest BCUT2D eigenvalue weighted by Crippen LogP contribution is -2.54. The molecule has 0 amide bonds. The largest absolute Gasteiger partial charge is 0.395 e. The molecular formula is C11H21NO. The van der Waals surface area contributed by atoms with Gasteiger partial charge < -0.3 is 10.4 Å². The van der Waals surface area contributed by atoms with E-state index < -0.39 is 0 Å². The van der Waals surface area contributed by atoms with Gasteiger partial charge in [0.1, 0.15) is 0 Å². The van der Waals surface area contributed by atoms with Crippen LogP contribution in [-0.4, -0.2) is 24.3 Å². The lowest BCUT2D eigenvalue weighted by molar-refractivity contribution is 0.0211. The fourth-order valence-corrected chi connectivity index (χ4v) is 3.11. The van der Waals surface area contributed by atoms with E-state index in [1.807, 2.05) is 0 Å². The number of hydrogen-bond acceptors (Lipinski definition) is 2. The summed E-state index contributed by atoms with van der Waals surface area (Å²) in [6, 6.07) is 0.722. The molecule has 0 bridgehead atoms. The van der Waals surface area contributed by atoms with Crippen molar-refractivity contribution in [2.45, 2.75) is 51.0 Å². The van der Waals surface area contributed by atoms with Crippen LogP contribution in [0.15, 0.2) is 0 Å². The molecule has 0 aromatic carbocycles. The molecule has 0 aromatic heterocycles. The van der Waals surface area contributed by atoms with Crippen molar-refractivity contribution in [3.8, 4) is 0 Å². The van der Waals surface area contributed by atoms with Crippen LogP contribution in [0.25, 0.3) is 0 Å². The van der Waals surface area contributed by atoms with Gasteiger partial charge in [-0.3, -0.25) is 0 Å². The van der Waals surface area contributed by atoms with Crippen LogP contribution in [-0.2, 0) is 0 Å². The summed E-state index contributed by atoms with van der Waals surface area (Å²) in [7, 11) is 0. The van der Waals surface area contributed by atoms with Crippen LogP contribution >= 0.6 is 0 Å². The van der Waals surface area contributed by atoms with E-state index in [2.05, 4.69) is 5.32 Å². The monoisotopic (exact) mass is 183 g/mol. The first-order valence-electron chi connectivity index (χ1n) is 5.72. The van der Waals surface area contributed by atoms with Gasteiger partial charge in [-0.05, 0) is 31.1 Å². The Kier molecular flexibility index (Phi) is 2.89. The quantitative estimate of drug-likeness (QED) is 0.697. The number of hydrogen-bond donors (Lipinski definition) is 2. The third-order valence-corrected chi connectivity index (χ3v) is 4.02. The van der Waals surface area contributed by atoms with Crippen molar-refractivity contribution in [1.82, 2.24) is 5.32 Å². The Hall–Kier alpha value is -0.0800. The zero-order valence-electron chi connectivity index (χ0n) is 8.39. The predicted molar refractivity (Wildman–Crippen MR) is 53.6 cm³/mol. The highest BCUT2D eigenvalue weighted by Gasteiger charge is 2.46. The summed E-state index contributed by atoms with van der Waals surface area (Å²) in [5.74, 6) is 0. The zero-order chi connectivity index (χ0) is 9.15. The number of aliphatic hydroxyl groups is 1. The lowest BCUT2D eigenvalue weighted by Gasteiger charge is -2.52. The molecule has 2 aliphatic carbocycles. The van der Waals surface area contributed by atoms with E-state index in [9.17, 15) is 0 Å². The number of nitrogens with one attached hydrogen (secondary N) is 1. The third-order valence-electron chi connectivity index (χ3n) is 4.02. The molecule has 2 aliphatic rings. The van der Waals surface area contributed by atoms with Crippen LogP contribution in [0.4, 0.5) is 0 Å². The second-order valence-corrected chi connectivity index (χ2v) is 4.69. The molecule has 0 saturated heterocycles. The molecule has 76 valence electrons. The van der Waals surface area contributed by atoms with Crippen molar-refractivity contribution >= 4 is 0 Å². The predicted octanol–water partition coefficient (Wildman–Crippen LogP) is 1.68. The smallest absolute Gasteiger partial charge is 0.0556 e. The van der Waals surface area contributed by atoms with Gasteiger partial charge in [0.2, 0.25) is 0 Å². The van der Waals surface area contributed by atoms with E-state index in [0.29, 0.717) is 5.41 Å². The second-order valence-electron chi connectivity index (χ2n) is 4.69. The zero-order valence-corrected chi connectivity index (χ0v) is 8.39. The van der Waals surface area contributed by atoms with E-state index in [1.54, 1.807) is 0 Å². The summed E-state index contributed by atoms with van der Waals surface area (Å²) in [5, 5.41) is 12.2. The molecule has 1 unspecified atom stereocenters. The Labute approximate surface area is 80.7 Å². The topological polar surface area (TPSA) is 32.3 Å². The van der Waals surface area contributed by atoms with Crippen molar-refractivity contribution in [3.05, 3.63) is 0 Å². The van der Waals surface area contributed by atoms with Gasteiger partial charge in [0, 0.05) is 12.6 Å². The van der Waals surface area contributed by atoms with Crippen molar-refractivity contribution in [3.63, 3.8) is 0 Å². The van der Waals surface area contributed by atoms with Crippen molar-refractivity contribution in [2.24, 2.45) is 5.41 Å². The van der Waals surface area contributed by atoms with Gasteiger partial charge in [-0.15, -0.1) is 0 Å². The first-order valence-corrected chi connectivity index (χ1v) is 5.72. The minimum absolute atomic E-state index is 0.284. The summed E-state index contributed by atoms with van der Waals surface area (Å²) in [6.07, 6.45) is 9.91. The van der Waals surface area contributed by atoms with Crippen LogP contribution in [0.3, 0.4) is 0 Å². The molecule has 0 radical (unpaired) electrons. The average molecular weight is 183 g/mol. The van der Waals surface area contributed by atoms with Crippen molar-refractivity contribution in [1.29, 1.82) is 0 Å². The molecule has 0 heterocycles. The molecule has 1 atom stereocenters. The fraction of sp³-hybridized carbons (Fsp3) is 1.00. The summed E-state index contributed by atoms with van der Waals surface area (Å²) in [6.45, 7) is 1.07. The summed E-state index contributed by atoms with van der Waals surface area (Å²) in [4.78, 5) is 0. The first-order chi connectivity index (χ1) is 6.37. The Morgan fingerprint density at radius 2 is 1.92 bits per heavy atom. The standard InChI is InChI=1S/C11H21NO/c13-9-8-12-10-4-7-11(10)5-2-1-3-6-11/h10,12-13H,1-9H2. The first kappa shape index (κ1) is 9.47. The van der Waals surface area contributed by atoms with E-state index in [1.165, 1.54) is 44.9 Å². The van der Waals surface area contributed by atoms with Crippen LogP contribution in [0.1, 0.15) is 44.9 Å². The van der Waals surface area contributed by atoms with Crippen molar-refractivity contribution in [2.75, 3.05) is 13.2 Å². The normalized spacial score (nSPS) is 31.6. The summed E-state index contributed by atoms with van der Waals surface area (Å²) in [5.41, 5.74) is 0.646. The number of aliphatic hydroxyl groups excluding tert-OH is 1. The maximum atomic E-state index is 8.76. The Bertz CT molecular complexity index is 163. The molecule has 1 spiro atoms. The highest BCUT2D eigenvalue weighted by atomic mass is 16.3. The van der Waals surface area contributed by atoms with Gasteiger partial charge in [0.25, 0.3) is 0 Å². The van der Waals surface area contributed by atoms with E-state index in [-0.39, 0.29) is 6.61 Å². The summed E-state index contributed by atoms with van der Waals surface area (Å²) >= 11 is 0. The molecule has 2 nitrogen and oxygen atoms in total. The van der Waals surface area contributed by atoms with Gasteiger partial charge >= 0.3 is 0 Å². The second kappa shape index (κ2) is 3.97.